The van der Waals surface area contributed by atoms with Gasteiger partial charge in [0, 0.05) is 22.5 Å². The third-order valence-corrected chi connectivity index (χ3v) is 6.30. The van der Waals surface area contributed by atoms with Crippen LogP contribution in [-0.4, -0.2) is 38.5 Å². The number of amides is 1. The zero-order chi connectivity index (χ0) is 19.6. The van der Waals surface area contributed by atoms with Crippen LogP contribution in [0, 0.1) is 0 Å². The molecule has 3 rings (SSSR count). The molecule has 1 amide bonds. The number of hydrogen-bond acceptors (Lipinski definition) is 6. The quantitative estimate of drug-likeness (QED) is 0.433. The number of hydrogen-bond donors (Lipinski definition) is 1. The number of nitrogens with zero attached hydrogens (tertiary/aromatic N) is 4. The molecular formula is C16H14Cl3N5OS2. The molecule has 142 valence electrons. The molecule has 0 spiro atoms. The smallest absolute Gasteiger partial charge is 0.233 e. The van der Waals surface area contributed by atoms with Gasteiger partial charge in [0.05, 0.1) is 21.7 Å². The zero-order valence-corrected chi connectivity index (χ0v) is 17.9. The van der Waals surface area contributed by atoms with E-state index in [1.807, 2.05) is 12.1 Å². The second kappa shape index (κ2) is 8.70. The summed E-state index contributed by atoms with van der Waals surface area (Å²) in [6, 6.07) is 8.74. The van der Waals surface area contributed by atoms with E-state index in [4.69, 9.17) is 40.6 Å². The molecule has 2 N–H and O–H groups in total. The summed E-state index contributed by atoms with van der Waals surface area (Å²) < 4.78 is 2.01. The highest BCUT2D eigenvalue weighted by atomic mass is 35.5. The van der Waals surface area contributed by atoms with Gasteiger partial charge in [0.2, 0.25) is 11.1 Å². The number of carbonyl (C=O) groups is 1. The van der Waals surface area contributed by atoms with Gasteiger partial charge >= 0.3 is 0 Å². The highest BCUT2D eigenvalue weighted by Gasteiger charge is 2.17. The second-order valence-corrected chi connectivity index (χ2v) is 9.13. The van der Waals surface area contributed by atoms with E-state index in [9.17, 15) is 4.79 Å². The van der Waals surface area contributed by atoms with Gasteiger partial charge in [-0.2, -0.15) is 0 Å². The Bertz CT molecular complexity index is 975. The lowest BCUT2D eigenvalue weighted by molar-refractivity contribution is -0.127. The van der Waals surface area contributed by atoms with Crippen LogP contribution in [0.15, 0.2) is 35.5 Å². The molecule has 2 aromatic heterocycles. The van der Waals surface area contributed by atoms with Crippen molar-refractivity contribution in [3.05, 3.63) is 49.6 Å². The van der Waals surface area contributed by atoms with Crippen molar-refractivity contribution in [1.29, 1.82) is 0 Å². The van der Waals surface area contributed by atoms with Crippen molar-refractivity contribution >= 4 is 63.8 Å². The molecule has 0 bridgehead atoms. The minimum Gasteiger partial charge on any atom is -0.340 e. The number of halogens is 3. The molecule has 0 aliphatic rings. The van der Waals surface area contributed by atoms with E-state index in [1.54, 1.807) is 30.1 Å². The predicted octanol–water partition coefficient (Wildman–Crippen LogP) is 4.43. The average molecular weight is 463 g/mol. The van der Waals surface area contributed by atoms with Crippen LogP contribution in [0.3, 0.4) is 0 Å². The Kier molecular flexibility index (Phi) is 6.54. The first-order valence-electron chi connectivity index (χ1n) is 7.62. The molecule has 0 radical (unpaired) electrons. The predicted molar refractivity (Wildman–Crippen MR) is 112 cm³/mol. The number of rotatable bonds is 6. The van der Waals surface area contributed by atoms with Gasteiger partial charge in [-0.3, -0.25) is 4.79 Å². The van der Waals surface area contributed by atoms with E-state index in [-0.39, 0.29) is 11.7 Å². The molecule has 6 nitrogen and oxygen atoms in total. The Balaban J connectivity index is 1.64. The highest BCUT2D eigenvalue weighted by Crippen LogP contribution is 2.30. The van der Waals surface area contributed by atoms with Gasteiger partial charge in [-0.25, -0.2) is 4.68 Å². The summed E-state index contributed by atoms with van der Waals surface area (Å²) in [6.07, 6.45) is 0. The number of aromatic nitrogens is 3. The molecule has 11 heteroatoms. The Hall–Kier alpha value is -1.45. The van der Waals surface area contributed by atoms with Crippen molar-refractivity contribution in [3.8, 4) is 11.4 Å². The van der Waals surface area contributed by atoms with Crippen LogP contribution >= 0.6 is 57.9 Å². The monoisotopic (exact) mass is 461 g/mol. The van der Waals surface area contributed by atoms with Crippen molar-refractivity contribution in [2.75, 3.05) is 18.6 Å². The van der Waals surface area contributed by atoms with Gasteiger partial charge in [0.15, 0.2) is 5.82 Å². The number of nitrogens with two attached hydrogens (primary N) is 1. The summed E-state index contributed by atoms with van der Waals surface area (Å²) in [6.45, 7) is 0.498. The molecule has 0 aliphatic carbocycles. The van der Waals surface area contributed by atoms with Crippen molar-refractivity contribution in [2.24, 2.45) is 0 Å². The summed E-state index contributed by atoms with van der Waals surface area (Å²) in [5.41, 5.74) is 0.612. The van der Waals surface area contributed by atoms with Crippen LogP contribution in [0.4, 0.5) is 0 Å². The lowest BCUT2D eigenvalue weighted by Crippen LogP contribution is -2.27. The first-order valence-corrected chi connectivity index (χ1v) is 10.6. The van der Waals surface area contributed by atoms with Gasteiger partial charge in [-0.05, 0) is 30.3 Å². The van der Waals surface area contributed by atoms with Crippen LogP contribution in [0.2, 0.25) is 14.4 Å². The number of thioether (sulfide) groups is 1. The van der Waals surface area contributed by atoms with Crippen LogP contribution in [-0.2, 0) is 11.3 Å². The molecule has 1 aromatic carbocycles. The van der Waals surface area contributed by atoms with Crippen LogP contribution in [0.5, 0.6) is 0 Å². The van der Waals surface area contributed by atoms with Gasteiger partial charge in [0.25, 0.3) is 0 Å². The third kappa shape index (κ3) is 4.89. The van der Waals surface area contributed by atoms with Crippen molar-refractivity contribution in [3.63, 3.8) is 0 Å². The standard InChI is InChI=1S/C16H14Cl3N5OS2/c1-23(7-10-3-5-13(19)27-10)14(25)8-26-16-22-21-15(24(16)20)11-4-2-9(17)6-12(11)18/h2-6H,7-8,20H2,1H3. The Morgan fingerprint density at radius 2 is 2.04 bits per heavy atom. The van der Waals surface area contributed by atoms with E-state index in [1.165, 1.54) is 27.8 Å². The molecule has 0 saturated carbocycles. The van der Waals surface area contributed by atoms with Crippen molar-refractivity contribution < 1.29 is 4.79 Å². The maximum Gasteiger partial charge on any atom is 0.233 e. The van der Waals surface area contributed by atoms with Gasteiger partial charge in [0.1, 0.15) is 0 Å². The minimum absolute atomic E-state index is 0.0569. The fourth-order valence-corrected chi connectivity index (χ4v) is 4.66. The first-order chi connectivity index (χ1) is 12.8. The van der Waals surface area contributed by atoms with E-state index in [0.717, 1.165) is 4.88 Å². The average Bonchev–Trinajstić information content (AvgIpc) is 3.18. The molecule has 0 unspecified atom stereocenters. The van der Waals surface area contributed by atoms with Crippen LogP contribution in [0.25, 0.3) is 11.4 Å². The second-order valence-electron chi connectivity index (χ2n) is 5.54. The fraction of sp³-hybridized carbons (Fsp3) is 0.188. The largest absolute Gasteiger partial charge is 0.340 e. The summed E-state index contributed by atoms with van der Waals surface area (Å²) in [7, 11) is 1.74. The molecule has 2 heterocycles. The Labute approximate surface area is 179 Å². The SMILES string of the molecule is CN(Cc1ccc(Cl)s1)C(=O)CSc1nnc(-c2ccc(Cl)cc2Cl)n1N. The highest BCUT2D eigenvalue weighted by molar-refractivity contribution is 7.99. The lowest BCUT2D eigenvalue weighted by atomic mass is 10.2. The summed E-state index contributed by atoms with van der Waals surface area (Å²) in [5.74, 6) is 6.59. The van der Waals surface area contributed by atoms with Gasteiger partial charge in [-0.15, -0.1) is 21.5 Å². The first kappa shape index (κ1) is 20.3. The normalized spacial score (nSPS) is 11.0. The molecule has 3 aromatic rings. The molecule has 27 heavy (non-hydrogen) atoms. The fourth-order valence-electron chi connectivity index (χ4n) is 2.23. The lowest BCUT2D eigenvalue weighted by Gasteiger charge is -2.15. The Morgan fingerprint density at radius 3 is 2.70 bits per heavy atom. The van der Waals surface area contributed by atoms with E-state index >= 15 is 0 Å². The van der Waals surface area contributed by atoms with Gasteiger partial charge in [-0.1, -0.05) is 46.6 Å². The summed E-state index contributed by atoms with van der Waals surface area (Å²) in [5, 5.41) is 9.47. The van der Waals surface area contributed by atoms with Crippen molar-refractivity contribution in [2.45, 2.75) is 11.7 Å². The molecular weight excluding hydrogens is 449 g/mol. The molecule has 0 atom stereocenters. The van der Waals surface area contributed by atoms with E-state index in [2.05, 4.69) is 10.2 Å². The molecule has 0 aliphatic heterocycles. The summed E-state index contributed by atoms with van der Waals surface area (Å²) in [4.78, 5) is 15.0. The van der Waals surface area contributed by atoms with E-state index in [0.29, 0.717) is 37.5 Å². The summed E-state index contributed by atoms with van der Waals surface area (Å²) >= 11 is 20.7. The number of nitrogen functional groups attached to an aromatic ring is 1. The Morgan fingerprint density at radius 1 is 1.26 bits per heavy atom. The third-order valence-electron chi connectivity index (χ3n) is 3.61. The minimum atomic E-state index is -0.0569. The number of thiophene rings is 1. The van der Waals surface area contributed by atoms with Crippen LogP contribution < -0.4 is 5.84 Å². The maximum absolute atomic E-state index is 12.3. The topological polar surface area (TPSA) is 77.0 Å². The number of carbonyl (C=O) groups excluding carboxylic acids is 1. The van der Waals surface area contributed by atoms with Crippen molar-refractivity contribution in [1.82, 2.24) is 19.8 Å². The molecule has 0 saturated heterocycles. The molecule has 0 fully saturated rings. The van der Waals surface area contributed by atoms with E-state index < -0.39 is 0 Å². The van der Waals surface area contributed by atoms with Gasteiger partial charge < -0.3 is 10.7 Å². The maximum atomic E-state index is 12.3. The number of benzene rings is 1. The zero-order valence-electron chi connectivity index (χ0n) is 14.0. The van der Waals surface area contributed by atoms with Crippen LogP contribution in [0.1, 0.15) is 4.88 Å².